The lowest BCUT2D eigenvalue weighted by Gasteiger charge is -2.19. The molecule has 17 heavy (non-hydrogen) atoms. The van der Waals surface area contributed by atoms with Crippen LogP contribution in [0.1, 0.15) is 31.9 Å². The monoisotopic (exact) mass is 241 g/mol. The summed E-state index contributed by atoms with van der Waals surface area (Å²) in [4.78, 5) is 0. The Hall–Kier alpha value is -1.13. The molecule has 0 heterocycles. The van der Waals surface area contributed by atoms with Crippen molar-refractivity contribution in [3.8, 4) is 5.75 Å². The minimum absolute atomic E-state index is 0.0677. The summed E-state index contributed by atoms with van der Waals surface area (Å²) < 4.78 is 18.4. The second-order valence-electron chi connectivity index (χ2n) is 4.08. The standard InChI is InChI=1S/C13H20FNO2/c1-4-11(16)8-15-9(2)12-7-10(14)5-6-13(12)17-3/h5-7,9,11,15-16H,4,8H2,1-3H3/t9?,11-/m1/s1. The first-order valence-corrected chi connectivity index (χ1v) is 5.83. The molecule has 0 spiro atoms. The normalized spacial score (nSPS) is 14.4. The molecular formula is C13H20FNO2. The highest BCUT2D eigenvalue weighted by Crippen LogP contribution is 2.25. The predicted molar refractivity (Wildman–Crippen MR) is 65.7 cm³/mol. The first kappa shape index (κ1) is 13.9. The SMILES string of the molecule is CC[C@@H](O)CNC(C)c1cc(F)ccc1OC. The highest BCUT2D eigenvalue weighted by Gasteiger charge is 2.13. The summed E-state index contributed by atoms with van der Waals surface area (Å²) in [6, 6.07) is 4.37. The van der Waals surface area contributed by atoms with Gasteiger partial charge in [-0.3, -0.25) is 0 Å². The van der Waals surface area contributed by atoms with E-state index in [0.717, 1.165) is 5.56 Å². The van der Waals surface area contributed by atoms with Gasteiger partial charge in [0.05, 0.1) is 13.2 Å². The zero-order chi connectivity index (χ0) is 12.8. The van der Waals surface area contributed by atoms with Crippen LogP contribution in [0.4, 0.5) is 4.39 Å². The van der Waals surface area contributed by atoms with Crippen molar-refractivity contribution in [1.82, 2.24) is 5.32 Å². The van der Waals surface area contributed by atoms with Crippen molar-refractivity contribution in [3.63, 3.8) is 0 Å². The third-order valence-electron chi connectivity index (χ3n) is 2.79. The van der Waals surface area contributed by atoms with Gasteiger partial charge in [-0.2, -0.15) is 0 Å². The molecule has 2 N–H and O–H groups in total. The third-order valence-corrected chi connectivity index (χ3v) is 2.79. The van der Waals surface area contributed by atoms with Crippen LogP contribution >= 0.6 is 0 Å². The number of hydrogen-bond acceptors (Lipinski definition) is 3. The molecule has 2 atom stereocenters. The van der Waals surface area contributed by atoms with Gasteiger partial charge in [0, 0.05) is 18.2 Å². The van der Waals surface area contributed by atoms with E-state index in [1.54, 1.807) is 13.2 Å². The summed E-state index contributed by atoms with van der Waals surface area (Å²) in [6.45, 7) is 4.32. The van der Waals surface area contributed by atoms with Crippen LogP contribution < -0.4 is 10.1 Å². The van der Waals surface area contributed by atoms with Crippen molar-refractivity contribution in [1.29, 1.82) is 0 Å². The Kier molecular flexibility index (Phi) is 5.38. The lowest BCUT2D eigenvalue weighted by molar-refractivity contribution is 0.163. The van der Waals surface area contributed by atoms with Crippen molar-refractivity contribution < 1.29 is 14.2 Å². The van der Waals surface area contributed by atoms with E-state index in [-0.39, 0.29) is 18.0 Å². The van der Waals surface area contributed by atoms with Gasteiger partial charge in [-0.05, 0) is 31.5 Å². The molecule has 0 radical (unpaired) electrons. The summed E-state index contributed by atoms with van der Waals surface area (Å²) in [7, 11) is 1.56. The first-order valence-electron chi connectivity index (χ1n) is 5.83. The first-order chi connectivity index (χ1) is 8.08. The molecule has 0 aliphatic carbocycles. The number of halogens is 1. The minimum Gasteiger partial charge on any atom is -0.496 e. The molecule has 96 valence electrons. The molecule has 3 nitrogen and oxygen atoms in total. The molecule has 0 saturated carbocycles. The van der Waals surface area contributed by atoms with Crippen molar-refractivity contribution in [2.24, 2.45) is 0 Å². The van der Waals surface area contributed by atoms with Crippen LogP contribution in [0.2, 0.25) is 0 Å². The largest absolute Gasteiger partial charge is 0.496 e. The van der Waals surface area contributed by atoms with Gasteiger partial charge in [0.25, 0.3) is 0 Å². The summed E-state index contributed by atoms with van der Waals surface area (Å²) in [5, 5.41) is 12.6. The Labute approximate surface area is 102 Å². The van der Waals surface area contributed by atoms with Crippen molar-refractivity contribution in [3.05, 3.63) is 29.6 Å². The number of aliphatic hydroxyl groups is 1. The highest BCUT2D eigenvalue weighted by atomic mass is 19.1. The quantitative estimate of drug-likeness (QED) is 0.802. The lowest BCUT2D eigenvalue weighted by Crippen LogP contribution is -2.28. The van der Waals surface area contributed by atoms with E-state index < -0.39 is 0 Å². The minimum atomic E-state index is -0.378. The molecule has 0 fully saturated rings. The number of aliphatic hydroxyl groups excluding tert-OH is 1. The second kappa shape index (κ2) is 6.57. The molecule has 1 unspecified atom stereocenters. The molecule has 0 aromatic heterocycles. The van der Waals surface area contributed by atoms with Crippen LogP contribution in [0.5, 0.6) is 5.75 Å². The van der Waals surface area contributed by atoms with Crippen molar-refractivity contribution in [2.45, 2.75) is 32.4 Å². The molecule has 1 rings (SSSR count). The number of benzene rings is 1. The maximum Gasteiger partial charge on any atom is 0.123 e. The van der Waals surface area contributed by atoms with E-state index in [1.165, 1.54) is 12.1 Å². The summed E-state index contributed by atoms with van der Waals surface area (Å²) in [5.74, 6) is 0.364. The second-order valence-corrected chi connectivity index (χ2v) is 4.08. The fourth-order valence-electron chi connectivity index (χ4n) is 1.61. The lowest BCUT2D eigenvalue weighted by atomic mass is 10.1. The Morgan fingerprint density at radius 3 is 2.76 bits per heavy atom. The maximum atomic E-state index is 13.2. The highest BCUT2D eigenvalue weighted by molar-refractivity contribution is 5.36. The van der Waals surface area contributed by atoms with Crippen LogP contribution in [0.15, 0.2) is 18.2 Å². The van der Waals surface area contributed by atoms with Crippen LogP contribution in [-0.2, 0) is 0 Å². The Morgan fingerprint density at radius 2 is 2.18 bits per heavy atom. The van der Waals surface area contributed by atoms with Gasteiger partial charge in [0.2, 0.25) is 0 Å². The van der Waals surface area contributed by atoms with Gasteiger partial charge < -0.3 is 15.2 Å². The number of ether oxygens (including phenoxy) is 1. The average molecular weight is 241 g/mol. The van der Waals surface area contributed by atoms with Gasteiger partial charge in [-0.1, -0.05) is 6.92 Å². The number of nitrogens with one attached hydrogen (secondary N) is 1. The van der Waals surface area contributed by atoms with Crippen molar-refractivity contribution in [2.75, 3.05) is 13.7 Å². The smallest absolute Gasteiger partial charge is 0.123 e. The molecule has 0 saturated heterocycles. The van der Waals surface area contributed by atoms with E-state index in [9.17, 15) is 9.50 Å². The molecule has 0 aliphatic heterocycles. The summed E-state index contributed by atoms with van der Waals surface area (Å²) in [6.07, 6.45) is 0.317. The van der Waals surface area contributed by atoms with Gasteiger partial charge >= 0.3 is 0 Å². The van der Waals surface area contributed by atoms with Crippen molar-refractivity contribution >= 4 is 0 Å². The van der Waals surface area contributed by atoms with E-state index in [1.807, 2.05) is 13.8 Å². The fraction of sp³-hybridized carbons (Fsp3) is 0.538. The fourth-order valence-corrected chi connectivity index (χ4v) is 1.61. The topological polar surface area (TPSA) is 41.5 Å². The molecule has 1 aromatic carbocycles. The molecule has 1 aromatic rings. The van der Waals surface area contributed by atoms with Gasteiger partial charge in [0.15, 0.2) is 0 Å². The molecule has 4 heteroatoms. The van der Waals surface area contributed by atoms with Crippen LogP contribution in [-0.4, -0.2) is 24.9 Å². The molecular weight excluding hydrogens is 221 g/mol. The molecule has 0 amide bonds. The van der Waals surface area contributed by atoms with Gasteiger partial charge in [0.1, 0.15) is 11.6 Å². The van der Waals surface area contributed by atoms with Crippen LogP contribution in [0.25, 0.3) is 0 Å². The Morgan fingerprint density at radius 1 is 1.47 bits per heavy atom. The van der Waals surface area contributed by atoms with E-state index in [0.29, 0.717) is 18.7 Å². The predicted octanol–water partition coefficient (Wildman–Crippen LogP) is 2.26. The Bertz CT molecular complexity index is 357. The zero-order valence-corrected chi connectivity index (χ0v) is 10.5. The summed E-state index contributed by atoms with van der Waals surface area (Å²) >= 11 is 0. The molecule has 0 bridgehead atoms. The van der Waals surface area contributed by atoms with Crippen LogP contribution in [0, 0.1) is 5.82 Å². The number of rotatable bonds is 6. The van der Waals surface area contributed by atoms with Crippen LogP contribution in [0.3, 0.4) is 0 Å². The van der Waals surface area contributed by atoms with Gasteiger partial charge in [-0.25, -0.2) is 4.39 Å². The Balaban J connectivity index is 2.73. The zero-order valence-electron chi connectivity index (χ0n) is 10.5. The van der Waals surface area contributed by atoms with E-state index in [4.69, 9.17) is 4.74 Å². The van der Waals surface area contributed by atoms with E-state index >= 15 is 0 Å². The average Bonchev–Trinajstić information content (AvgIpc) is 2.35. The molecule has 0 aliphatic rings. The maximum absolute atomic E-state index is 13.2. The van der Waals surface area contributed by atoms with E-state index in [2.05, 4.69) is 5.32 Å². The number of methoxy groups -OCH3 is 1. The number of hydrogen-bond donors (Lipinski definition) is 2. The summed E-state index contributed by atoms with van der Waals surface area (Å²) in [5.41, 5.74) is 0.760. The third kappa shape index (κ3) is 3.98. The van der Waals surface area contributed by atoms with Gasteiger partial charge in [-0.15, -0.1) is 0 Å².